The summed E-state index contributed by atoms with van der Waals surface area (Å²) in [6.45, 7) is 5.68. The number of hydrogen-bond acceptors (Lipinski definition) is 4. The van der Waals surface area contributed by atoms with E-state index in [0.29, 0.717) is 0 Å². The molecule has 0 spiro atoms. The van der Waals surface area contributed by atoms with Crippen molar-refractivity contribution in [1.82, 2.24) is 15.1 Å². The maximum absolute atomic E-state index is 13.2. The molecule has 1 heterocycles. The van der Waals surface area contributed by atoms with E-state index in [2.05, 4.69) is 10.4 Å². The molecule has 162 valence electrons. The molecule has 3 rings (SSSR count). The molecular weight excluding hydrogens is 397 g/mol. The van der Waals surface area contributed by atoms with Crippen LogP contribution in [0.5, 0.6) is 0 Å². The average molecular weight is 423 g/mol. The van der Waals surface area contributed by atoms with Crippen LogP contribution in [0, 0.1) is 26.6 Å². The number of hydrogen-bond donors (Lipinski definition) is 1. The predicted octanol–water partition coefficient (Wildman–Crippen LogP) is 3.90. The van der Waals surface area contributed by atoms with Crippen molar-refractivity contribution in [1.29, 1.82) is 0 Å². The molecule has 1 aromatic heterocycles. The van der Waals surface area contributed by atoms with Crippen molar-refractivity contribution < 1.29 is 18.7 Å². The number of carbonyl (C=O) groups is 2. The Hall–Kier alpha value is -3.48. The summed E-state index contributed by atoms with van der Waals surface area (Å²) in [7, 11) is 1.33. The average Bonchev–Trinajstić information content (AvgIpc) is 3.02. The van der Waals surface area contributed by atoms with Gasteiger partial charge >= 0.3 is 5.97 Å². The van der Waals surface area contributed by atoms with Gasteiger partial charge in [0, 0.05) is 11.3 Å². The molecule has 0 saturated carbocycles. The molecule has 0 fully saturated rings. The van der Waals surface area contributed by atoms with E-state index in [1.807, 2.05) is 45.0 Å². The second-order valence-electron chi connectivity index (χ2n) is 7.53. The molecule has 1 amide bonds. The molecule has 31 heavy (non-hydrogen) atoms. The van der Waals surface area contributed by atoms with Crippen LogP contribution in [-0.2, 0) is 20.7 Å². The number of nitrogens with zero attached hydrogens (tertiary/aromatic N) is 2. The number of ether oxygens (including phenoxy) is 1. The zero-order valence-electron chi connectivity index (χ0n) is 18.1. The molecule has 0 aliphatic heterocycles. The van der Waals surface area contributed by atoms with Gasteiger partial charge in [-0.25, -0.2) is 9.07 Å². The molecule has 3 aromatic rings. The van der Waals surface area contributed by atoms with E-state index in [4.69, 9.17) is 4.74 Å². The fourth-order valence-corrected chi connectivity index (χ4v) is 3.47. The van der Waals surface area contributed by atoms with E-state index in [-0.39, 0.29) is 24.6 Å². The fourth-order valence-electron chi connectivity index (χ4n) is 3.47. The lowest BCUT2D eigenvalue weighted by atomic mass is 10.0. The molecule has 1 N–H and O–H groups in total. The molecule has 0 radical (unpaired) electrons. The minimum Gasteiger partial charge on any atom is -0.469 e. The van der Waals surface area contributed by atoms with Crippen molar-refractivity contribution in [3.05, 3.63) is 82.4 Å². The van der Waals surface area contributed by atoms with Crippen LogP contribution in [0.1, 0.15) is 40.5 Å². The third-order valence-corrected chi connectivity index (χ3v) is 5.26. The molecule has 7 heteroatoms. The number of halogens is 1. The lowest BCUT2D eigenvalue weighted by Crippen LogP contribution is -2.31. The maximum Gasteiger partial charge on any atom is 0.307 e. The van der Waals surface area contributed by atoms with Crippen molar-refractivity contribution in [3.8, 4) is 5.69 Å². The van der Waals surface area contributed by atoms with E-state index in [9.17, 15) is 14.0 Å². The molecule has 0 aliphatic rings. The highest BCUT2D eigenvalue weighted by molar-refractivity contribution is 5.80. The first-order valence-electron chi connectivity index (χ1n) is 10.0. The molecule has 1 atom stereocenters. The summed E-state index contributed by atoms with van der Waals surface area (Å²) in [5.74, 6) is -0.945. The number of aromatic nitrogens is 2. The number of rotatable bonds is 7. The van der Waals surface area contributed by atoms with Gasteiger partial charge in [0.15, 0.2) is 0 Å². The normalized spacial score (nSPS) is 11.8. The molecular formula is C24H26FN3O3. The maximum atomic E-state index is 13.2. The topological polar surface area (TPSA) is 73.2 Å². The van der Waals surface area contributed by atoms with Gasteiger partial charge in [0.1, 0.15) is 5.82 Å². The van der Waals surface area contributed by atoms with Gasteiger partial charge in [-0.3, -0.25) is 9.59 Å². The second-order valence-corrected chi connectivity index (χ2v) is 7.53. The zero-order valence-corrected chi connectivity index (χ0v) is 18.1. The minimum atomic E-state index is -0.492. The van der Waals surface area contributed by atoms with Gasteiger partial charge in [0.2, 0.25) is 5.91 Å². The van der Waals surface area contributed by atoms with Crippen LogP contribution >= 0.6 is 0 Å². The molecule has 0 bridgehead atoms. The Morgan fingerprint density at radius 2 is 1.71 bits per heavy atom. The number of amides is 1. The summed E-state index contributed by atoms with van der Waals surface area (Å²) >= 11 is 0. The molecule has 0 unspecified atom stereocenters. The summed E-state index contributed by atoms with van der Waals surface area (Å²) in [4.78, 5) is 24.8. The Labute approximate surface area is 181 Å². The fraction of sp³-hybridized carbons (Fsp3) is 0.292. The Bertz CT molecular complexity index is 1070. The number of methoxy groups -OCH3 is 1. The lowest BCUT2D eigenvalue weighted by molar-refractivity contribution is -0.141. The summed E-state index contributed by atoms with van der Waals surface area (Å²) in [5.41, 5.74) is 4.96. The number of esters is 1. The van der Waals surface area contributed by atoms with Crippen LogP contribution < -0.4 is 5.32 Å². The molecule has 6 nitrogen and oxygen atoms in total. The van der Waals surface area contributed by atoms with Gasteiger partial charge in [-0.05, 0) is 50.6 Å². The van der Waals surface area contributed by atoms with Crippen LogP contribution in [-0.4, -0.2) is 28.8 Å². The largest absolute Gasteiger partial charge is 0.469 e. The van der Waals surface area contributed by atoms with Crippen LogP contribution in [0.3, 0.4) is 0 Å². The zero-order chi connectivity index (χ0) is 22.5. The van der Waals surface area contributed by atoms with Gasteiger partial charge in [-0.15, -0.1) is 0 Å². The van der Waals surface area contributed by atoms with Crippen LogP contribution in [0.25, 0.3) is 5.69 Å². The lowest BCUT2D eigenvalue weighted by Gasteiger charge is -2.18. The van der Waals surface area contributed by atoms with E-state index >= 15 is 0 Å². The predicted molar refractivity (Wildman–Crippen MR) is 115 cm³/mol. The molecule has 2 aromatic carbocycles. The standard InChI is InChI=1S/C24H26FN3O3/c1-15-5-7-18(8-6-15)22(14-24(30)31-4)26-23(29)13-21-16(2)27-28(17(21)3)20-11-9-19(25)10-12-20/h5-12,22H,13-14H2,1-4H3,(H,26,29)/t22-/m0/s1. The van der Waals surface area contributed by atoms with Gasteiger partial charge < -0.3 is 10.1 Å². The van der Waals surface area contributed by atoms with E-state index in [0.717, 1.165) is 33.8 Å². The van der Waals surface area contributed by atoms with Crippen LogP contribution in [0.15, 0.2) is 48.5 Å². The first-order chi connectivity index (χ1) is 14.8. The Balaban J connectivity index is 1.80. The van der Waals surface area contributed by atoms with Crippen LogP contribution in [0.4, 0.5) is 4.39 Å². The van der Waals surface area contributed by atoms with Gasteiger partial charge in [0.05, 0.1) is 37.4 Å². The Morgan fingerprint density at radius 3 is 2.32 bits per heavy atom. The van der Waals surface area contributed by atoms with E-state index < -0.39 is 12.0 Å². The molecule has 0 aliphatic carbocycles. The highest BCUT2D eigenvalue weighted by atomic mass is 19.1. The smallest absolute Gasteiger partial charge is 0.307 e. The monoisotopic (exact) mass is 423 g/mol. The van der Waals surface area contributed by atoms with Crippen molar-refractivity contribution in [2.75, 3.05) is 7.11 Å². The summed E-state index contributed by atoms with van der Waals surface area (Å²) < 4.78 is 19.7. The van der Waals surface area contributed by atoms with Crippen molar-refractivity contribution in [2.45, 2.75) is 39.7 Å². The highest BCUT2D eigenvalue weighted by Crippen LogP contribution is 2.21. The van der Waals surface area contributed by atoms with Gasteiger partial charge in [0.25, 0.3) is 0 Å². The minimum absolute atomic E-state index is 0.0398. The molecule has 0 saturated heterocycles. The van der Waals surface area contributed by atoms with Crippen molar-refractivity contribution >= 4 is 11.9 Å². The number of nitrogens with one attached hydrogen (secondary N) is 1. The van der Waals surface area contributed by atoms with E-state index in [1.165, 1.54) is 19.2 Å². The number of carbonyl (C=O) groups excluding carboxylic acids is 2. The van der Waals surface area contributed by atoms with Gasteiger partial charge in [-0.2, -0.15) is 5.10 Å². The third-order valence-electron chi connectivity index (χ3n) is 5.26. The van der Waals surface area contributed by atoms with Gasteiger partial charge in [-0.1, -0.05) is 29.8 Å². The highest BCUT2D eigenvalue weighted by Gasteiger charge is 2.21. The van der Waals surface area contributed by atoms with Crippen molar-refractivity contribution in [2.24, 2.45) is 0 Å². The summed E-state index contributed by atoms with van der Waals surface area (Å²) in [6, 6.07) is 13.2. The third kappa shape index (κ3) is 5.36. The second kappa shape index (κ2) is 9.55. The summed E-state index contributed by atoms with van der Waals surface area (Å²) in [6.07, 6.45) is 0.153. The number of aryl methyl sites for hydroxylation is 2. The van der Waals surface area contributed by atoms with E-state index in [1.54, 1.807) is 16.8 Å². The SMILES string of the molecule is COC(=O)C[C@H](NC(=O)Cc1c(C)nn(-c2ccc(F)cc2)c1C)c1ccc(C)cc1. The number of benzene rings is 2. The first kappa shape index (κ1) is 22.2. The van der Waals surface area contributed by atoms with Crippen molar-refractivity contribution in [3.63, 3.8) is 0 Å². The quantitative estimate of drug-likeness (QED) is 0.585. The van der Waals surface area contributed by atoms with Crippen LogP contribution in [0.2, 0.25) is 0 Å². The Morgan fingerprint density at radius 1 is 1.06 bits per heavy atom. The summed E-state index contributed by atoms with van der Waals surface area (Å²) in [5, 5.41) is 7.46. The first-order valence-corrected chi connectivity index (χ1v) is 10.0. The Kier molecular flexibility index (Phi) is 6.84.